The molecule has 0 fully saturated rings. The number of anilines is 1. The minimum Gasteiger partial charge on any atom is -0.454 e. The molecule has 2 amide bonds. The van der Waals surface area contributed by atoms with Gasteiger partial charge in [0.1, 0.15) is 6.07 Å². The predicted molar refractivity (Wildman–Crippen MR) is 89.5 cm³/mol. The number of nitriles is 1. The Morgan fingerprint density at radius 3 is 2.83 bits per heavy atom. The maximum Gasteiger partial charge on any atom is 0.319 e. The van der Waals surface area contributed by atoms with E-state index in [-0.39, 0.29) is 12.8 Å². The normalized spacial score (nSPS) is 11.7. The second-order valence-corrected chi connectivity index (χ2v) is 5.53. The van der Waals surface area contributed by atoms with Gasteiger partial charge in [-0.15, -0.1) is 0 Å². The summed E-state index contributed by atoms with van der Waals surface area (Å²) >= 11 is 5.93. The third-order valence-corrected chi connectivity index (χ3v) is 3.80. The van der Waals surface area contributed by atoms with Crippen LogP contribution in [0.1, 0.15) is 11.1 Å². The van der Waals surface area contributed by atoms with E-state index < -0.39 is 0 Å². The van der Waals surface area contributed by atoms with Gasteiger partial charge in [-0.25, -0.2) is 4.79 Å². The SMILES string of the molecule is N#Cc1ccc(NC(=O)NCCc2ccc3c(c2)OCO3)cc1Cl. The van der Waals surface area contributed by atoms with E-state index in [0.29, 0.717) is 29.2 Å². The number of fused-ring (bicyclic) bond motifs is 1. The first-order valence-electron chi connectivity index (χ1n) is 7.29. The molecule has 2 N–H and O–H groups in total. The minimum atomic E-state index is -0.337. The molecule has 3 rings (SSSR count). The van der Waals surface area contributed by atoms with Gasteiger partial charge in [-0.3, -0.25) is 0 Å². The molecule has 6 nitrogen and oxygen atoms in total. The molecule has 0 bridgehead atoms. The zero-order valence-corrected chi connectivity index (χ0v) is 13.4. The Hall–Kier alpha value is -2.91. The van der Waals surface area contributed by atoms with Gasteiger partial charge in [0.25, 0.3) is 0 Å². The Labute approximate surface area is 143 Å². The van der Waals surface area contributed by atoms with Gasteiger partial charge >= 0.3 is 6.03 Å². The number of benzene rings is 2. The van der Waals surface area contributed by atoms with Crippen molar-refractivity contribution >= 4 is 23.3 Å². The number of rotatable bonds is 4. The molecule has 7 heteroatoms. The van der Waals surface area contributed by atoms with Crippen LogP contribution in [-0.2, 0) is 6.42 Å². The molecule has 0 atom stereocenters. The molecule has 1 heterocycles. The van der Waals surface area contributed by atoms with E-state index in [4.69, 9.17) is 26.3 Å². The summed E-state index contributed by atoms with van der Waals surface area (Å²) in [4.78, 5) is 11.9. The van der Waals surface area contributed by atoms with Crippen LogP contribution < -0.4 is 20.1 Å². The van der Waals surface area contributed by atoms with Crippen LogP contribution in [0.4, 0.5) is 10.5 Å². The zero-order valence-electron chi connectivity index (χ0n) is 12.6. The molecular formula is C17H14ClN3O3. The van der Waals surface area contributed by atoms with Crippen LogP contribution in [0.15, 0.2) is 36.4 Å². The molecule has 0 aromatic heterocycles. The Kier molecular flexibility index (Phi) is 4.73. The van der Waals surface area contributed by atoms with Gasteiger partial charge in [0.15, 0.2) is 11.5 Å². The maximum atomic E-state index is 11.9. The summed E-state index contributed by atoms with van der Waals surface area (Å²) in [6, 6.07) is 12.1. The lowest BCUT2D eigenvalue weighted by Crippen LogP contribution is -2.30. The van der Waals surface area contributed by atoms with Crippen molar-refractivity contribution in [1.29, 1.82) is 5.26 Å². The van der Waals surface area contributed by atoms with Gasteiger partial charge < -0.3 is 20.1 Å². The molecule has 122 valence electrons. The zero-order chi connectivity index (χ0) is 16.9. The molecule has 0 saturated carbocycles. The van der Waals surface area contributed by atoms with Crippen molar-refractivity contribution in [3.63, 3.8) is 0 Å². The highest BCUT2D eigenvalue weighted by Crippen LogP contribution is 2.32. The minimum absolute atomic E-state index is 0.243. The first-order valence-corrected chi connectivity index (χ1v) is 7.66. The molecular weight excluding hydrogens is 330 g/mol. The molecule has 2 aromatic rings. The number of hydrogen-bond acceptors (Lipinski definition) is 4. The van der Waals surface area contributed by atoms with E-state index in [1.165, 1.54) is 6.07 Å². The van der Waals surface area contributed by atoms with E-state index in [2.05, 4.69) is 10.6 Å². The Bertz CT molecular complexity index is 817. The summed E-state index contributed by atoms with van der Waals surface area (Å²) in [5.74, 6) is 1.46. The summed E-state index contributed by atoms with van der Waals surface area (Å²) < 4.78 is 10.6. The summed E-state index contributed by atoms with van der Waals surface area (Å²) in [6.45, 7) is 0.710. The smallest absolute Gasteiger partial charge is 0.319 e. The van der Waals surface area contributed by atoms with Crippen LogP contribution in [0.2, 0.25) is 5.02 Å². The van der Waals surface area contributed by atoms with Crippen LogP contribution in [-0.4, -0.2) is 19.4 Å². The lowest BCUT2D eigenvalue weighted by Gasteiger charge is -2.08. The highest BCUT2D eigenvalue weighted by molar-refractivity contribution is 6.32. The van der Waals surface area contributed by atoms with Crippen LogP contribution in [0, 0.1) is 11.3 Å². The van der Waals surface area contributed by atoms with E-state index in [1.54, 1.807) is 12.1 Å². The van der Waals surface area contributed by atoms with E-state index in [0.717, 1.165) is 17.1 Å². The molecule has 0 saturated heterocycles. The lowest BCUT2D eigenvalue weighted by molar-refractivity contribution is 0.174. The number of urea groups is 1. The number of halogens is 1. The van der Waals surface area contributed by atoms with Gasteiger partial charge in [-0.1, -0.05) is 17.7 Å². The molecule has 1 aliphatic rings. The van der Waals surface area contributed by atoms with Crippen molar-refractivity contribution in [3.8, 4) is 17.6 Å². The molecule has 1 aliphatic heterocycles. The number of carbonyl (C=O) groups excluding carboxylic acids is 1. The highest BCUT2D eigenvalue weighted by Gasteiger charge is 2.13. The van der Waals surface area contributed by atoms with Crippen molar-refractivity contribution in [1.82, 2.24) is 5.32 Å². The fraction of sp³-hybridized carbons (Fsp3) is 0.176. The first kappa shape index (κ1) is 16.0. The van der Waals surface area contributed by atoms with Crippen LogP contribution in [0.25, 0.3) is 0 Å². The van der Waals surface area contributed by atoms with Gasteiger partial charge in [0, 0.05) is 12.2 Å². The second kappa shape index (κ2) is 7.11. The summed E-state index contributed by atoms with van der Waals surface area (Å²) in [6.07, 6.45) is 0.665. The number of nitrogens with one attached hydrogen (secondary N) is 2. The Morgan fingerprint density at radius 1 is 1.21 bits per heavy atom. The molecule has 24 heavy (non-hydrogen) atoms. The predicted octanol–water partition coefficient (Wildman–Crippen LogP) is 3.30. The summed E-state index contributed by atoms with van der Waals surface area (Å²) in [7, 11) is 0. The van der Waals surface area contributed by atoms with Crippen molar-refractivity contribution in [2.24, 2.45) is 0 Å². The van der Waals surface area contributed by atoms with Gasteiger partial charge in [-0.2, -0.15) is 5.26 Å². The average molecular weight is 344 g/mol. The average Bonchev–Trinajstić information content (AvgIpc) is 3.03. The monoisotopic (exact) mass is 343 g/mol. The van der Waals surface area contributed by atoms with Gasteiger partial charge in [-0.05, 0) is 42.3 Å². The molecule has 2 aromatic carbocycles. The summed E-state index contributed by atoms with van der Waals surface area (Å²) in [5, 5.41) is 14.6. The standard InChI is InChI=1S/C17H14ClN3O3/c18-14-8-13(3-2-12(14)9-19)21-17(22)20-6-5-11-1-4-15-16(7-11)24-10-23-15/h1-4,7-8H,5-6,10H2,(H2,20,21,22). The number of carbonyl (C=O) groups is 1. The van der Waals surface area contributed by atoms with Crippen molar-refractivity contribution in [3.05, 3.63) is 52.5 Å². The highest BCUT2D eigenvalue weighted by atomic mass is 35.5. The fourth-order valence-electron chi connectivity index (χ4n) is 2.28. The van der Waals surface area contributed by atoms with Crippen LogP contribution in [0.3, 0.4) is 0 Å². The van der Waals surface area contributed by atoms with Crippen LogP contribution in [0.5, 0.6) is 11.5 Å². The van der Waals surface area contributed by atoms with E-state index >= 15 is 0 Å². The van der Waals surface area contributed by atoms with E-state index in [9.17, 15) is 4.79 Å². The van der Waals surface area contributed by atoms with E-state index in [1.807, 2.05) is 24.3 Å². The van der Waals surface area contributed by atoms with Gasteiger partial charge in [0.2, 0.25) is 6.79 Å². The lowest BCUT2D eigenvalue weighted by atomic mass is 10.1. The molecule has 0 spiro atoms. The topological polar surface area (TPSA) is 83.4 Å². The fourth-order valence-corrected chi connectivity index (χ4v) is 2.50. The third kappa shape index (κ3) is 3.70. The second-order valence-electron chi connectivity index (χ2n) is 5.12. The quantitative estimate of drug-likeness (QED) is 0.892. The number of amides is 2. The molecule has 0 unspecified atom stereocenters. The number of ether oxygens (including phenoxy) is 2. The summed E-state index contributed by atoms with van der Waals surface area (Å²) in [5.41, 5.74) is 1.94. The van der Waals surface area contributed by atoms with Crippen LogP contribution >= 0.6 is 11.6 Å². The number of nitrogens with zero attached hydrogens (tertiary/aromatic N) is 1. The molecule has 0 aliphatic carbocycles. The van der Waals surface area contributed by atoms with Crippen molar-refractivity contribution in [2.75, 3.05) is 18.7 Å². The Morgan fingerprint density at radius 2 is 2.04 bits per heavy atom. The van der Waals surface area contributed by atoms with Gasteiger partial charge in [0.05, 0.1) is 10.6 Å². The first-order chi connectivity index (χ1) is 11.7. The third-order valence-electron chi connectivity index (χ3n) is 3.48. The Balaban J connectivity index is 1.49. The number of hydrogen-bond donors (Lipinski definition) is 2. The van der Waals surface area contributed by atoms with Crippen molar-refractivity contribution < 1.29 is 14.3 Å². The largest absolute Gasteiger partial charge is 0.454 e. The van der Waals surface area contributed by atoms with Crippen molar-refractivity contribution in [2.45, 2.75) is 6.42 Å². The molecule has 0 radical (unpaired) electrons. The maximum absolute atomic E-state index is 11.9.